The molecular formula is C31H32FN3OS. The number of rotatable bonds is 5. The fourth-order valence-corrected chi connectivity index (χ4v) is 6.38. The van der Waals surface area contributed by atoms with Crippen molar-refractivity contribution in [2.75, 3.05) is 16.3 Å². The first kappa shape index (κ1) is 25.3. The van der Waals surface area contributed by atoms with Gasteiger partial charge in [-0.25, -0.2) is 9.38 Å². The lowest BCUT2D eigenvalue weighted by Gasteiger charge is -2.47. The average molecular weight is 514 g/mol. The molecule has 3 aromatic carbocycles. The lowest BCUT2D eigenvalue weighted by molar-refractivity contribution is -0.113. The first-order valence-corrected chi connectivity index (χ1v) is 13.6. The van der Waals surface area contributed by atoms with Gasteiger partial charge in [-0.15, -0.1) is 0 Å². The van der Waals surface area contributed by atoms with Crippen molar-refractivity contribution >= 4 is 46.0 Å². The number of hydrogen-bond acceptors (Lipinski definition) is 4. The van der Waals surface area contributed by atoms with Crippen LogP contribution < -0.4 is 9.80 Å². The molecule has 1 fully saturated rings. The first-order chi connectivity index (χ1) is 17.8. The molecule has 0 aromatic heterocycles. The second-order valence-electron chi connectivity index (χ2n) is 10.3. The summed E-state index contributed by atoms with van der Waals surface area (Å²) >= 11 is 1.28. The monoisotopic (exact) mass is 513 g/mol. The van der Waals surface area contributed by atoms with Crippen molar-refractivity contribution < 1.29 is 9.18 Å². The van der Waals surface area contributed by atoms with Gasteiger partial charge in [-0.1, -0.05) is 50.2 Å². The highest BCUT2D eigenvalue weighted by Crippen LogP contribution is 2.45. The quantitative estimate of drug-likeness (QED) is 0.323. The van der Waals surface area contributed by atoms with Crippen LogP contribution in [-0.2, 0) is 4.79 Å². The Morgan fingerprint density at radius 1 is 1.08 bits per heavy atom. The number of anilines is 2. The molecule has 1 saturated heterocycles. The van der Waals surface area contributed by atoms with Gasteiger partial charge in [0.2, 0.25) is 0 Å². The molecule has 0 spiro atoms. The molecule has 1 unspecified atom stereocenters. The number of fused-ring (bicyclic) bond motifs is 1. The summed E-state index contributed by atoms with van der Waals surface area (Å²) in [5.74, 6) is -0.228. The van der Waals surface area contributed by atoms with Crippen molar-refractivity contribution in [2.24, 2.45) is 4.99 Å². The molecule has 1 atom stereocenters. The molecule has 190 valence electrons. The summed E-state index contributed by atoms with van der Waals surface area (Å²) < 4.78 is 15.6. The number of hydrogen-bond donors (Lipinski definition) is 0. The minimum absolute atomic E-state index is 0.0366. The number of amides is 1. The summed E-state index contributed by atoms with van der Waals surface area (Å²) in [6.45, 7) is 9.70. The number of nitrogens with zero attached hydrogens (tertiary/aromatic N) is 3. The van der Waals surface area contributed by atoms with Gasteiger partial charge >= 0.3 is 0 Å². The maximum Gasteiger partial charge on any atom is 0.271 e. The average Bonchev–Trinajstić information content (AvgIpc) is 3.17. The van der Waals surface area contributed by atoms with Crippen LogP contribution in [0, 0.1) is 5.82 Å². The molecule has 0 radical (unpaired) electrons. The Balaban J connectivity index is 1.57. The molecule has 2 aliphatic rings. The molecule has 5 rings (SSSR count). The predicted molar refractivity (Wildman–Crippen MR) is 154 cm³/mol. The third-order valence-corrected chi connectivity index (χ3v) is 8.01. The van der Waals surface area contributed by atoms with Crippen molar-refractivity contribution in [1.29, 1.82) is 0 Å². The molecule has 4 nitrogen and oxygen atoms in total. The van der Waals surface area contributed by atoms with Gasteiger partial charge in [0.1, 0.15) is 5.82 Å². The van der Waals surface area contributed by atoms with Crippen LogP contribution in [-0.4, -0.2) is 23.2 Å². The van der Waals surface area contributed by atoms with Crippen molar-refractivity contribution in [3.05, 3.63) is 94.6 Å². The molecule has 2 heterocycles. The highest BCUT2D eigenvalue weighted by atomic mass is 32.2. The van der Waals surface area contributed by atoms with Crippen LogP contribution in [0.4, 0.5) is 21.5 Å². The lowest BCUT2D eigenvalue weighted by Crippen LogP contribution is -2.48. The molecule has 6 heteroatoms. The van der Waals surface area contributed by atoms with Crippen molar-refractivity contribution in [1.82, 2.24) is 0 Å². The summed E-state index contributed by atoms with van der Waals surface area (Å²) in [6, 6.07) is 22.6. The Kier molecular flexibility index (Phi) is 6.95. The van der Waals surface area contributed by atoms with E-state index >= 15 is 4.39 Å². The molecule has 37 heavy (non-hydrogen) atoms. The second kappa shape index (κ2) is 10.2. The lowest BCUT2D eigenvalue weighted by atomic mass is 9.79. The molecule has 3 aromatic rings. The van der Waals surface area contributed by atoms with Gasteiger partial charge in [0, 0.05) is 23.3 Å². The number of thioether (sulfide) groups is 1. The zero-order chi connectivity index (χ0) is 26.2. The summed E-state index contributed by atoms with van der Waals surface area (Å²) in [6.07, 6.45) is 3.67. The summed E-state index contributed by atoms with van der Waals surface area (Å²) in [4.78, 5) is 22.8. The zero-order valence-electron chi connectivity index (χ0n) is 21.7. The van der Waals surface area contributed by atoms with Gasteiger partial charge in [0.25, 0.3) is 5.91 Å². The van der Waals surface area contributed by atoms with Gasteiger partial charge in [0.05, 0.1) is 16.3 Å². The fourth-order valence-electron chi connectivity index (χ4n) is 5.39. The van der Waals surface area contributed by atoms with Crippen molar-refractivity contribution in [2.45, 2.75) is 52.0 Å². The maximum atomic E-state index is 15.6. The standard InChI is InChI=1S/C31H32FN3OS/c1-5-16-34-27-19-26(32)22(17-25(27)21(2)20-31(34,3)4)18-28-29(36)35(24-14-10-7-11-15-24)30(37-28)33-23-12-8-6-9-13-23/h6-15,17-19,21H,5,16,20H2,1-4H3/b28-18+,33-30?. The molecule has 2 aliphatic heterocycles. The fraction of sp³-hybridized carbons (Fsp3) is 0.290. The number of benzene rings is 3. The molecule has 1 amide bonds. The number of halogens is 1. The number of carbonyl (C=O) groups excluding carboxylic acids is 1. The molecular weight excluding hydrogens is 481 g/mol. The van der Waals surface area contributed by atoms with Gasteiger partial charge in [0.15, 0.2) is 5.17 Å². The molecule has 0 N–H and O–H groups in total. The van der Waals surface area contributed by atoms with E-state index in [9.17, 15) is 4.79 Å². The number of carbonyl (C=O) groups is 1. The number of aliphatic imine (C=N–C) groups is 1. The van der Waals surface area contributed by atoms with E-state index in [4.69, 9.17) is 4.99 Å². The highest BCUT2D eigenvalue weighted by Gasteiger charge is 2.38. The number of para-hydroxylation sites is 2. The van der Waals surface area contributed by atoms with E-state index in [1.807, 2.05) is 66.7 Å². The van der Waals surface area contributed by atoms with E-state index in [0.29, 0.717) is 21.6 Å². The summed E-state index contributed by atoms with van der Waals surface area (Å²) in [5.41, 5.74) is 3.99. The van der Waals surface area contributed by atoms with Crippen molar-refractivity contribution in [3.63, 3.8) is 0 Å². The largest absolute Gasteiger partial charge is 0.366 e. The Bertz CT molecular complexity index is 1370. The molecule has 0 aliphatic carbocycles. The normalized spacial score (nSPS) is 21.1. The Labute approximate surface area is 222 Å². The van der Waals surface area contributed by atoms with Crippen LogP contribution in [0.5, 0.6) is 0 Å². The minimum Gasteiger partial charge on any atom is -0.366 e. The van der Waals surface area contributed by atoms with Crippen molar-refractivity contribution in [3.8, 4) is 0 Å². The first-order valence-electron chi connectivity index (χ1n) is 12.8. The van der Waals surface area contributed by atoms with E-state index in [2.05, 4.69) is 32.6 Å². The maximum absolute atomic E-state index is 15.6. The van der Waals surface area contributed by atoms with E-state index in [0.717, 1.165) is 42.0 Å². The smallest absolute Gasteiger partial charge is 0.271 e. The third-order valence-electron chi connectivity index (χ3n) is 7.04. The predicted octanol–water partition coefficient (Wildman–Crippen LogP) is 8.14. The van der Waals surface area contributed by atoms with E-state index in [-0.39, 0.29) is 17.3 Å². The zero-order valence-corrected chi connectivity index (χ0v) is 22.6. The van der Waals surface area contributed by atoms with Crippen LogP contribution in [0.2, 0.25) is 0 Å². The Morgan fingerprint density at radius 2 is 1.76 bits per heavy atom. The van der Waals surface area contributed by atoms with Crippen LogP contribution in [0.25, 0.3) is 6.08 Å². The van der Waals surface area contributed by atoms with E-state index < -0.39 is 0 Å². The van der Waals surface area contributed by atoms with Crippen LogP contribution in [0.1, 0.15) is 57.6 Å². The molecule has 0 saturated carbocycles. The SMILES string of the molecule is CCCN1c2cc(F)c(/C=C3/SC(=Nc4ccccc4)N(c4ccccc4)C3=O)cc2C(C)CC1(C)C. The van der Waals surface area contributed by atoms with Gasteiger partial charge < -0.3 is 4.90 Å². The summed E-state index contributed by atoms with van der Waals surface area (Å²) in [7, 11) is 0. The van der Waals surface area contributed by atoms with E-state index in [1.54, 1.807) is 17.0 Å². The number of amidine groups is 1. The van der Waals surface area contributed by atoms with Gasteiger partial charge in [-0.05, 0) is 92.4 Å². The molecule has 0 bridgehead atoms. The van der Waals surface area contributed by atoms with Crippen LogP contribution in [0.3, 0.4) is 0 Å². The Hall–Kier alpha value is -3.38. The van der Waals surface area contributed by atoms with Crippen LogP contribution in [0.15, 0.2) is 82.7 Å². The third kappa shape index (κ3) is 4.95. The topological polar surface area (TPSA) is 35.9 Å². The summed E-state index contributed by atoms with van der Waals surface area (Å²) in [5, 5.41) is 0.552. The van der Waals surface area contributed by atoms with Gasteiger partial charge in [-0.3, -0.25) is 9.69 Å². The minimum atomic E-state index is -0.314. The van der Waals surface area contributed by atoms with Gasteiger partial charge in [-0.2, -0.15) is 0 Å². The second-order valence-corrected chi connectivity index (χ2v) is 11.3. The highest BCUT2D eigenvalue weighted by molar-refractivity contribution is 8.19. The van der Waals surface area contributed by atoms with E-state index in [1.165, 1.54) is 11.8 Å². The van der Waals surface area contributed by atoms with Crippen LogP contribution >= 0.6 is 11.8 Å². The Morgan fingerprint density at radius 3 is 2.43 bits per heavy atom.